The van der Waals surface area contributed by atoms with Gasteiger partial charge in [-0.25, -0.2) is 4.79 Å². The minimum Gasteiger partial charge on any atom is -0.463 e. The molecular formula is C15H26O7S. The van der Waals surface area contributed by atoms with E-state index in [4.69, 9.17) is 13.7 Å². The molecule has 1 aliphatic carbocycles. The van der Waals surface area contributed by atoms with Crippen LogP contribution >= 0.6 is 0 Å². The molecule has 0 amide bonds. The molecule has 0 saturated heterocycles. The van der Waals surface area contributed by atoms with Gasteiger partial charge in [0, 0.05) is 12.0 Å². The van der Waals surface area contributed by atoms with Crippen molar-refractivity contribution >= 4 is 16.1 Å². The highest BCUT2D eigenvalue weighted by molar-refractivity contribution is 7.86. The minimum absolute atomic E-state index is 0.00772. The number of ether oxygens (including phenoxy) is 2. The van der Waals surface area contributed by atoms with Crippen molar-refractivity contribution in [2.24, 2.45) is 0 Å². The van der Waals surface area contributed by atoms with E-state index >= 15 is 0 Å². The van der Waals surface area contributed by atoms with E-state index in [1.807, 2.05) is 13.8 Å². The first kappa shape index (κ1) is 20.1. The fourth-order valence-electron chi connectivity index (χ4n) is 2.48. The zero-order valence-corrected chi connectivity index (χ0v) is 14.8. The maximum Gasteiger partial charge on any atom is 0.333 e. The van der Waals surface area contributed by atoms with Crippen LogP contribution in [0.25, 0.3) is 0 Å². The van der Waals surface area contributed by atoms with Gasteiger partial charge in [0.1, 0.15) is 18.3 Å². The van der Waals surface area contributed by atoms with Gasteiger partial charge >= 0.3 is 5.97 Å². The smallest absolute Gasteiger partial charge is 0.333 e. The van der Waals surface area contributed by atoms with Crippen LogP contribution in [0.2, 0.25) is 0 Å². The van der Waals surface area contributed by atoms with Crippen LogP contribution in [-0.2, 0) is 28.6 Å². The van der Waals surface area contributed by atoms with Gasteiger partial charge in [-0.2, -0.15) is 8.42 Å². The fourth-order valence-corrected chi connectivity index (χ4v) is 3.11. The second kappa shape index (κ2) is 8.77. The molecule has 0 heterocycles. The molecule has 0 unspecified atom stereocenters. The molecule has 0 saturated carbocycles. The van der Waals surface area contributed by atoms with Crippen LogP contribution in [0.4, 0.5) is 0 Å². The Balaban J connectivity index is 3.02. The minimum atomic E-state index is -3.76. The third kappa shape index (κ3) is 6.21. The molecule has 1 N–H and O–H groups in total. The van der Waals surface area contributed by atoms with Gasteiger partial charge in [-0.15, -0.1) is 0 Å². The zero-order valence-electron chi connectivity index (χ0n) is 14.0. The lowest BCUT2D eigenvalue weighted by Crippen LogP contribution is -2.47. The Morgan fingerprint density at radius 3 is 2.43 bits per heavy atom. The largest absolute Gasteiger partial charge is 0.463 e. The first-order valence-electron chi connectivity index (χ1n) is 7.81. The summed E-state index contributed by atoms with van der Waals surface area (Å²) in [5, 5.41) is 10.3. The Morgan fingerprint density at radius 1 is 1.35 bits per heavy atom. The van der Waals surface area contributed by atoms with E-state index in [1.165, 1.54) is 6.08 Å². The van der Waals surface area contributed by atoms with E-state index in [0.29, 0.717) is 0 Å². The summed E-state index contributed by atoms with van der Waals surface area (Å²) in [6, 6.07) is 0. The van der Waals surface area contributed by atoms with Gasteiger partial charge in [0.25, 0.3) is 10.1 Å². The average molecular weight is 350 g/mol. The number of esters is 1. The topological polar surface area (TPSA) is 99.1 Å². The Hall–Kier alpha value is -0.960. The molecule has 0 radical (unpaired) electrons. The normalized spacial score (nSPS) is 25.3. The van der Waals surface area contributed by atoms with Gasteiger partial charge < -0.3 is 14.6 Å². The highest BCUT2D eigenvalue weighted by Crippen LogP contribution is 2.28. The lowest BCUT2D eigenvalue weighted by atomic mass is 9.92. The Morgan fingerprint density at radius 2 is 1.96 bits per heavy atom. The highest BCUT2D eigenvalue weighted by atomic mass is 32.2. The summed E-state index contributed by atoms with van der Waals surface area (Å²) >= 11 is 0. The van der Waals surface area contributed by atoms with Gasteiger partial charge in [0.15, 0.2) is 0 Å². The highest BCUT2D eigenvalue weighted by Gasteiger charge is 2.39. The maximum atomic E-state index is 11.8. The monoisotopic (exact) mass is 350 g/mol. The van der Waals surface area contributed by atoms with Crippen LogP contribution in [0, 0.1) is 0 Å². The van der Waals surface area contributed by atoms with Gasteiger partial charge in [-0.3, -0.25) is 4.18 Å². The van der Waals surface area contributed by atoms with Crippen molar-refractivity contribution in [3.05, 3.63) is 11.6 Å². The van der Waals surface area contributed by atoms with Crippen molar-refractivity contribution in [1.82, 2.24) is 0 Å². The van der Waals surface area contributed by atoms with Crippen molar-refractivity contribution in [2.45, 2.75) is 64.4 Å². The number of rotatable bonds is 8. The number of aliphatic hydroxyl groups is 1. The van der Waals surface area contributed by atoms with Crippen LogP contribution in [0.5, 0.6) is 0 Å². The Labute approximate surface area is 137 Å². The van der Waals surface area contributed by atoms with Crippen LogP contribution in [0.3, 0.4) is 0 Å². The molecule has 0 aromatic rings. The molecule has 0 aliphatic heterocycles. The summed E-state index contributed by atoms with van der Waals surface area (Å²) in [7, 11) is -3.76. The summed E-state index contributed by atoms with van der Waals surface area (Å²) < 4.78 is 38.7. The molecule has 3 atom stereocenters. The molecule has 0 spiro atoms. The summed E-state index contributed by atoms with van der Waals surface area (Å²) in [6.07, 6.45) is 0.641. The van der Waals surface area contributed by atoms with E-state index in [9.17, 15) is 18.3 Å². The number of hydrogen-bond donors (Lipinski definition) is 1. The zero-order chi connectivity index (χ0) is 17.6. The van der Waals surface area contributed by atoms with Crippen molar-refractivity contribution in [3.63, 3.8) is 0 Å². The fraction of sp³-hybridized carbons (Fsp3) is 0.800. The van der Waals surface area contributed by atoms with Crippen molar-refractivity contribution in [3.8, 4) is 0 Å². The van der Waals surface area contributed by atoms with Gasteiger partial charge in [0.2, 0.25) is 0 Å². The van der Waals surface area contributed by atoms with Crippen molar-refractivity contribution in [1.29, 1.82) is 0 Å². The van der Waals surface area contributed by atoms with Crippen LogP contribution < -0.4 is 0 Å². The van der Waals surface area contributed by atoms with Crippen molar-refractivity contribution in [2.75, 3.05) is 12.9 Å². The molecule has 0 aromatic carbocycles. The molecular weight excluding hydrogens is 324 g/mol. The first-order valence-corrected chi connectivity index (χ1v) is 9.63. The standard InChI is InChI=1S/C15H26O7S/c1-5-11(6-2)21-14-12(16)8-10(15(17)20-7-3)9-13(14)22-23(4,18)19/h8,11-14,16H,5-7,9H2,1-4H3/t12-,13-,14-/m1/s1. The third-order valence-electron chi connectivity index (χ3n) is 3.59. The van der Waals surface area contributed by atoms with Gasteiger partial charge in [-0.1, -0.05) is 13.8 Å². The van der Waals surface area contributed by atoms with E-state index in [1.54, 1.807) is 6.92 Å². The summed E-state index contributed by atoms with van der Waals surface area (Å²) in [4.78, 5) is 11.8. The molecule has 1 rings (SSSR count). The first-order chi connectivity index (χ1) is 10.7. The van der Waals surface area contributed by atoms with E-state index in [2.05, 4.69) is 0 Å². The molecule has 0 fully saturated rings. The molecule has 134 valence electrons. The summed E-state index contributed by atoms with van der Waals surface area (Å²) in [6.45, 7) is 5.74. The number of carbonyl (C=O) groups excluding carboxylic acids is 1. The average Bonchev–Trinajstić information content (AvgIpc) is 2.45. The summed E-state index contributed by atoms with van der Waals surface area (Å²) in [5.74, 6) is -0.588. The Kier molecular flexibility index (Phi) is 7.66. The second-order valence-electron chi connectivity index (χ2n) is 5.49. The molecule has 8 heteroatoms. The second-order valence-corrected chi connectivity index (χ2v) is 7.09. The SMILES string of the molecule is CCOC(=O)C1=C[C@@H](O)[C@@H](OC(CC)CC)[C@H](OS(C)(=O)=O)C1. The van der Waals surface area contributed by atoms with Crippen LogP contribution in [0.1, 0.15) is 40.0 Å². The predicted octanol–water partition coefficient (Wildman–Crippen LogP) is 1.16. The van der Waals surface area contributed by atoms with Gasteiger partial charge in [0.05, 0.1) is 19.0 Å². The molecule has 0 bridgehead atoms. The molecule has 1 aliphatic rings. The lowest BCUT2D eigenvalue weighted by Gasteiger charge is -2.35. The quantitative estimate of drug-likeness (QED) is 0.518. The van der Waals surface area contributed by atoms with Gasteiger partial charge in [-0.05, 0) is 25.8 Å². The number of carbonyl (C=O) groups is 1. The van der Waals surface area contributed by atoms with E-state index in [-0.39, 0.29) is 24.7 Å². The molecule has 0 aromatic heterocycles. The van der Waals surface area contributed by atoms with Crippen LogP contribution in [-0.4, -0.2) is 56.8 Å². The summed E-state index contributed by atoms with van der Waals surface area (Å²) in [5.41, 5.74) is 0.192. The number of aliphatic hydroxyl groups excluding tert-OH is 1. The van der Waals surface area contributed by atoms with Crippen molar-refractivity contribution < 1.29 is 32.0 Å². The Bertz CT molecular complexity index is 522. The number of hydrogen-bond acceptors (Lipinski definition) is 7. The maximum absolute atomic E-state index is 11.8. The predicted molar refractivity (Wildman–Crippen MR) is 84.3 cm³/mol. The molecule has 7 nitrogen and oxygen atoms in total. The van der Waals surface area contributed by atoms with Crippen LogP contribution in [0.15, 0.2) is 11.6 Å². The van der Waals surface area contributed by atoms with E-state index < -0.39 is 34.4 Å². The molecule has 23 heavy (non-hydrogen) atoms. The van der Waals surface area contributed by atoms with E-state index in [0.717, 1.165) is 19.1 Å². The third-order valence-corrected chi connectivity index (χ3v) is 4.19. The lowest BCUT2D eigenvalue weighted by molar-refractivity contribution is -0.142.